The fraction of sp³-hybridized carbons (Fsp3) is 0.500. The van der Waals surface area contributed by atoms with Gasteiger partial charge in [-0.05, 0) is 37.8 Å². The van der Waals surface area contributed by atoms with Crippen LogP contribution in [0.2, 0.25) is 0 Å². The topological polar surface area (TPSA) is 81.7 Å². The molecule has 3 rings (SSSR count). The van der Waals surface area contributed by atoms with Crippen molar-refractivity contribution in [2.75, 3.05) is 0 Å². The van der Waals surface area contributed by atoms with Gasteiger partial charge in [0.2, 0.25) is 0 Å². The van der Waals surface area contributed by atoms with Crippen LogP contribution >= 0.6 is 0 Å². The van der Waals surface area contributed by atoms with Crippen molar-refractivity contribution in [1.29, 1.82) is 10.5 Å². The first-order valence-corrected chi connectivity index (χ1v) is 6.91. The molecule has 0 aromatic rings. The zero-order valence-electron chi connectivity index (χ0n) is 11.1. The van der Waals surface area contributed by atoms with E-state index in [1.54, 1.807) is 0 Å². The van der Waals surface area contributed by atoms with E-state index in [1.807, 2.05) is 12.1 Å². The highest BCUT2D eigenvalue weighted by atomic mass is 16.1. The lowest BCUT2D eigenvalue weighted by Crippen LogP contribution is -2.58. The zero-order chi connectivity index (χ0) is 14.4. The van der Waals surface area contributed by atoms with Gasteiger partial charge in [-0.1, -0.05) is 18.1 Å². The second-order valence-corrected chi connectivity index (χ2v) is 5.78. The Bertz CT molecular complexity index is 646. The van der Waals surface area contributed by atoms with Crippen LogP contribution in [0.25, 0.3) is 0 Å². The molecule has 3 aliphatic carbocycles. The number of ketones is 2. The molecule has 0 N–H and O–H groups in total. The van der Waals surface area contributed by atoms with Crippen molar-refractivity contribution in [3.05, 3.63) is 23.8 Å². The number of nitrogens with zero attached hydrogens (tertiary/aromatic N) is 2. The number of hydrogen-bond donors (Lipinski definition) is 0. The van der Waals surface area contributed by atoms with Gasteiger partial charge in [-0.3, -0.25) is 9.59 Å². The molecule has 0 spiro atoms. The van der Waals surface area contributed by atoms with Crippen LogP contribution in [0.3, 0.4) is 0 Å². The third-order valence-corrected chi connectivity index (χ3v) is 5.08. The molecule has 1 saturated carbocycles. The summed E-state index contributed by atoms with van der Waals surface area (Å²) in [5.41, 5.74) is -1.96. The van der Waals surface area contributed by atoms with Gasteiger partial charge in [-0.25, -0.2) is 0 Å². The first kappa shape index (κ1) is 12.8. The van der Waals surface area contributed by atoms with E-state index in [0.29, 0.717) is 6.42 Å². The molecule has 0 aliphatic heterocycles. The van der Waals surface area contributed by atoms with Crippen LogP contribution in [-0.2, 0) is 9.59 Å². The number of nitriles is 2. The van der Waals surface area contributed by atoms with Crippen LogP contribution < -0.4 is 0 Å². The second-order valence-electron chi connectivity index (χ2n) is 5.78. The van der Waals surface area contributed by atoms with Gasteiger partial charge in [0.15, 0.2) is 17.0 Å². The first-order chi connectivity index (χ1) is 9.62. The molecule has 20 heavy (non-hydrogen) atoms. The Morgan fingerprint density at radius 3 is 2.55 bits per heavy atom. The Kier molecular flexibility index (Phi) is 2.66. The Morgan fingerprint density at radius 2 is 1.85 bits per heavy atom. The summed E-state index contributed by atoms with van der Waals surface area (Å²) in [6.45, 7) is 0. The Balaban J connectivity index is 2.30. The van der Waals surface area contributed by atoms with Gasteiger partial charge in [-0.2, -0.15) is 10.5 Å². The molecule has 3 atom stereocenters. The number of hydrogen-bond acceptors (Lipinski definition) is 4. The molecule has 0 bridgehead atoms. The summed E-state index contributed by atoms with van der Waals surface area (Å²) in [6, 6.07) is 4.14. The van der Waals surface area contributed by atoms with Crippen molar-refractivity contribution in [2.24, 2.45) is 16.7 Å². The summed E-state index contributed by atoms with van der Waals surface area (Å²) in [5, 5.41) is 19.4. The highest BCUT2D eigenvalue weighted by molar-refractivity contribution is 6.14. The van der Waals surface area contributed by atoms with Crippen LogP contribution in [0, 0.1) is 39.4 Å². The summed E-state index contributed by atoms with van der Waals surface area (Å²) in [5.74, 6) is -1.06. The van der Waals surface area contributed by atoms with Gasteiger partial charge in [0, 0.05) is 5.92 Å². The molecule has 0 heterocycles. The van der Waals surface area contributed by atoms with Crippen LogP contribution in [0.5, 0.6) is 0 Å². The monoisotopic (exact) mass is 266 g/mol. The smallest absolute Gasteiger partial charge is 0.178 e. The summed E-state index contributed by atoms with van der Waals surface area (Å²) in [7, 11) is 0. The minimum absolute atomic E-state index is 0.178. The van der Waals surface area contributed by atoms with E-state index < -0.39 is 16.6 Å². The molecule has 4 heteroatoms. The predicted molar refractivity (Wildman–Crippen MR) is 69.9 cm³/mol. The molecule has 0 aromatic carbocycles. The standard InChI is InChI=1S/C16H14N2O2/c17-9-15-8-7-11-3-1-2-4-12(11)16(15,10-18)14(20)6-5-13(15)19/h5-7,12H,1-4,8H2/t12?,15-,16-/m1/s1. The van der Waals surface area contributed by atoms with Gasteiger partial charge >= 0.3 is 0 Å². The lowest BCUT2D eigenvalue weighted by molar-refractivity contribution is -0.141. The maximum absolute atomic E-state index is 12.5. The Morgan fingerprint density at radius 1 is 1.10 bits per heavy atom. The first-order valence-electron chi connectivity index (χ1n) is 6.91. The molecular formula is C16H14N2O2. The van der Waals surface area contributed by atoms with Crippen molar-refractivity contribution in [3.8, 4) is 12.1 Å². The molecule has 0 saturated heterocycles. The SMILES string of the molecule is N#C[C@@]12CC=C3CCCCC3[C@]1(C#N)C(=O)C=CC2=O. The normalized spacial score (nSPS) is 39.1. The largest absolute Gasteiger partial charge is 0.293 e. The van der Waals surface area contributed by atoms with Crippen LogP contribution in [-0.4, -0.2) is 11.6 Å². The fourth-order valence-corrected chi connectivity index (χ4v) is 4.04. The highest BCUT2D eigenvalue weighted by Crippen LogP contribution is 2.59. The summed E-state index contributed by atoms with van der Waals surface area (Å²) in [6.07, 6.45) is 8.00. The molecule has 100 valence electrons. The van der Waals surface area contributed by atoms with Gasteiger partial charge in [0.25, 0.3) is 0 Å². The van der Waals surface area contributed by atoms with Gasteiger partial charge in [0.05, 0.1) is 12.1 Å². The molecule has 1 fully saturated rings. The van der Waals surface area contributed by atoms with Crippen molar-refractivity contribution < 1.29 is 9.59 Å². The van der Waals surface area contributed by atoms with Gasteiger partial charge in [-0.15, -0.1) is 0 Å². The molecular weight excluding hydrogens is 252 g/mol. The molecule has 1 unspecified atom stereocenters. The van der Waals surface area contributed by atoms with E-state index in [0.717, 1.165) is 24.8 Å². The number of carbonyl (C=O) groups excluding carboxylic acids is 2. The van der Waals surface area contributed by atoms with Crippen molar-refractivity contribution in [3.63, 3.8) is 0 Å². The molecule has 4 nitrogen and oxygen atoms in total. The van der Waals surface area contributed by atoms with Crippen molar-refractivity contribution in [1.82, 2.24) is 0 Å². The maximum atomic E-state index is 12.5. The van der Waals surface area contributed by atoms with Crippen LogP contribution in [0.4, 0.5) is 0 Å². The lowest BCUT2D eigenvalue weighted by Gasteiger charge is -2.49. The average molecular weight is 266 g/mol. The Hall–Kier alpha value is -2.20. The van der Waals surface area contributed by atoms with Gasteiger partial charge < -0.3 is 0 Å². The van der Waals surface area contributed by atoms with E-state index in [2.05, 4.69) is 6.07 Å². The number of rotatable bonds is 0. The summed E-state index contributed by atoms with van der Waals surface area (Å²) in [4.78, 5) is 24.8. The van der Waals surface area contributed by atoms with E-state index in [9.17, 15) is 20.1 Å². The van der Waals surface area contributed by atoms with Gasteiger partial charge in [0.1, 0.15) is 5.41 Å². The lowest BCUT2D eigenvalue weighted by atomic mass is 9.46. The van der Waals surface area contributed by atoms with Crippen molar-refractivity contribution >= 4 is 11.6 Å². The third kappa shape index (κ3) is 1.24. The van der Waals surface area contributed by atoms with E-state index in [4.69, 9.17) is 0 Å². The maximum Gasteiger partial charge on any atom is 0.178 e. The zero-order valence-corrected chi connectivity index (χ0v) is 11.1. The number of carbonyl (C=O) groups is 2. The van der Waals surface area contributed by atoms with Crippen LogP contribution in [0.15, 0.2) is 23.8 Å². The summed E-state index contributed by atoms with van der Waals surface area (Å²) < 4.78 is 0. The highest BCUT2D eigenvalue weighted by Gasteiger charge is 2.67. The summed E-state index contributed by atoms with van der Waals surface area (Å²) >= 11 is 0. The molecule has 0 aromatic heterocycles. The van der Waals surface area contributed by atoms with E-state index in [1.165, 1.54) is 12.2 Å². The third-order valence-electron chi connectivity index (χ3n) is 5.08. The average Bonchev–Trinajstić information content (AvgIpc) is 2.50. The number of allylic oxidation sites excluding steroid dienone is 4. The molecule has 0 amide bonds. The Labute approximate surface area is 117 Å². The van der Waals surface area contributed by atoms with Crippen molar-refractivity contribution in [2.45, 2.75) is 32.1 Å². The second kappa shape index (κ2) is 4.15. The fourth-order valence-electron chi connectivity index (χ4n) is 4.04. The van der Waals surface area contributed by atoms with Crippen LogP contribution in [0.1, 0.15) is 32.1 Å². The molecule has 3 aliphatic rings. The minimum atomic E-state index is -1.53. The quantitative estimate of drug-likeness (QED) is 0.629. The predicted octanol–water partition coefficient (Wildman–Crippen LogP) is 2.23. The van der Waals surface area contributed by atoms with E-state index in [-0.39, 0.29) is 18.1 Å². The molecule has 0 radical (unpaired) electrons. The van der Waals surface area contributed by atoms with E-state index >= 15 is 0 Å². The minimum Gasteiger partial charge on any atom is -0.293 e. The number of fused-ring (bicyclic) bond motifs is 3.